The van der Waals surface area contributed by atoms with Crippen LogP contribution in [0.2, 0.25) is 0 Å². The van der Waals surface area contributed by atoms with Crippen LogP contribution < -0.4 is 4.74 Å². The van der Waals surface area contributed by atoms with Crippen LogP contribution in [0.5, 0.6) is 5.75 Å². The average Bonchev–Trinajstić information content (AvgIpc) is 2.98. The Morgan fingerprint density at radius 3 is 2.59 bits per heavy atom. The molecule has 3 rings (SSSR count). The lowest BCUT2D eigenvalue weighted by Gasteiger charge is -2.46. The molecule has 1 spiro atoms. The fourth-order valence-electron chi connectivity index (χ4n) is 2.68. The van der Waals surface area contributed by atoms with Crippen molar-refractivity contribution in [3.05, 3.63) is 24.5 Å². The second kappa shape index (κ2) is 8.23. The Bertz CT molecular complexity index is 752. The molecule has 1 atom stereocenters. The number of carboxylic acids is 1. The lowest BCUT2D eigenvalue weighted by molar-refractivity contribution is -0.192. The van der Waals surface area contributed by atoms with Crippen molar-refractivity contribution in [2.75, 3.05) is 24.6 Å². The van der Waals surface area contributed by atoms with Gasteiger partial charge in [0.2, 0.25) is 10.0 Å². The first-order valence-corrected chi connectivity index (χ1v) is 10.6. The van der Waals surface area contributed by atoms with Crippen molar-refractivity contribution >= 4 is 27.8 Å². The molecule has 3 heterocycles. The third kappa shape index (κ3) is 5.72. The number of sulfonamides is 1. The highest BCUT2D eigenvalue weighted by Crippen LogP contribution is 2.46. The van der Waals surface area contributed by atoms with Crippen LogP contribution in [-0.2, 0) is 14.8 Å². The summed E-state index contributed by atoms with van der Waals surface area (Å²) in [7, 11) is -3.03. The molecule has 2 aliphatic heterocycles. The number of alkyl halides is 3. The smallest absolute Gasteiger partial charge is 0.488 e. The predicted molar refractivity (Wildman–Crippen MR) is 93.2 cm³/mol. The van der Waals surface area contributed by atoms with E-state index in [-0.39, 0.29) is 16.6 Å². The molecule has 1 aromatic rings. The highest BCUT2D eigenvalue weighted by molar-refractivity contribution is 8.01. The molecule has 0 amide bonds. The van der Waals surface area contributed by atoms with Crippen LogP contribution in [0.4, 0.5) is 13.2 Å². The van der Waals surface area contributed by atoms with E-state index < -0.39 is 22.2 Å². The first kappa shape index (κ1) is 21.8. The third-order valence-electron chi connectivity index (χ3n) is 4.04. The monoisotopic (exact) mass is 428 g/mol. The maximum absolute atomic E-state index is 11.8. The van der Waals surface area contributed by atoms with E-state index in [1.165, 1.54) is 0 Å². The topological polar surface area (TPSA) is 96.8 Å². The van der Waals surface area contributed by atoms with E-state index in [0.717, 1.165) is 17.9 Å². The van der Waals surface area contributed by atoms with Gasteiger partial charge in [-0.15, -0.1) is 11.8 Å². The van der Waals surface area contributed by atoms with Gasteiger partial charge in [-0.2, -0.15) is 17.5 Å². The van der Waals surface area contributed by atoms with Gasteiger partial charge in [-0.1, -0.05) is 0 Å². The summed E-state index contributed by atoms with van der Waals surface area (Å²) in [5.74, 6) is -0.877. The molecule has 7 nitrogen and oxygen atoms in total. The summed E-state index contributed by atoms with van der Waals surface area (Å²) in [6, 6.07) is 3.75. The second-order valence-electron chi connectivity index (χ2n) is 6.10. The molecular formula is C15H19F3N2O5S2. The van der Waals surface area contributed by atoms with E-state index in [1.807, 2.05) is 23.9 Å². The zero-order chi connectivity index (χ0) is 20.3. The number of hydrogen-bond donors (Lipinski definition) is 1. The molecule has 1 N–H and O–H groups in total. The molecule has 0 aliphatic carbocycles. The van der Waals surface area contributed by atoms with Gasteiger partial charge in [0.25, 0.3) is 0 Å². The number of hydrogen-bond acceptors (Lipinski definition) is 6. The largest absolute Gasteiger partial charge is 0.490 e. The molecule has 12 heteroatoms. The van der Waals surface area contributed by atoms with Crippen molar-refractivity contribution in [2.24, 2.45) is 0 Å². The molecule has 1 aromatic heterocycles. The van der Waals surface area contributed by atoms with Crippen molar-refractivity contribution in [2.45, 2.75) is 30.4 Å². The summed E-state index contributed by atoms with van der Waals surface area (Å²) < 4.78 is 62.8. The van der Waals surface area contributed by atoms with Gasteiger partial charge in [-0.3, -0.25) is 4.98 Å². The Morgan fingerprint density at radius 2 is 2.11 bits per heavy atom. The van der Waals surface area contributed by atoms with E-state index in [2.05, 4.69) is 4.98 Å². The van der Waals surface area contributed by atoms with Gasteiger partial charge in [0, 0.05) is 36.2 Å². The summed E-state index contributed by atoms with van der Waals surface area (Å²) >= 11 is 1.84. The van der Waals surface area contributed by atoms with Crippen molar-refractivity contribution < 1.29 is 36.2 Å². The number of pyridine rings is 1. The van der Waals surface area contributed by atoms with Crippen LogP contribution in [0, 0.1) is 0 Å². The van der Waals surface area contributed by atoms with Crippen molar-refractivity contribution in [3.63, 3.8) is 0 Å². The quantitative estimate of drug-likeness (QED) is 0.784. The summed E-state index contributed by atoms with van der Waals surface area (Å²) in [6.07, 6.45) is -0.598. The molecule has 0 saturated carbocycles. The Balaban J connectivity index is 0.000000321. The molecule has 2 fully saturated rings. The minimum Gasteiger partial charge on any atom is -0.488 e. The van der Waals surface area contributed by atoms with Crippen molar-refractivity contribution in [1.29, 1.82) is 0 Å². The first-order chi connectivity index (χ1) is 12.5. The second-order valence-corrected chi connectivity index (χ2v) is 9.84. The van der Waals surface area contributed by atoms with Gasteiger partial charge in [-0.05, 0) is 19.1 Å². The Labute approximate surface area is 159 Å². The summed E-state index contributed by atoms with van der Waals surface area (Å²) in [6.45, 7) is 2.94. The number of ether oxygens (including phenoxy) is 1. The third-order valence-corrected chi connectivity index (χ3v) is 7.39. The molecular weight excluding hydrogens is 409 g/mol. The Hall–Kier alpha value is -1.53. The fourth-order valence-corrected chi connectivity index (χ4v) is 5.62. The normalized spacial score (nSPS) is 21.9. The van der Waals surface area contributed by atoms with Gasteiger partial charge in [-0.25, -0.2) is 13.2 Å². The molecule has 1 unspecified atom stereocenters. The molecule has 152 valence electrons. The summed E-state index contributed by atoms with van der Waals surface area (Å²) in [5, 5.41) is 7.12. The highest BCUT2D eigenvalue weighted by atomic mass is 32.2. The van der Waals surface area contributed by atoms with Gasteiger partial charge >= 0.3 is 12.1 Å². The number of halogens is 3. The SMILES string of the molecule is CCS(=O)(=O)N1CC2(CC(Oc3cccnc3)CS2)C1.O=C(O)C(F)(F)F. The Morgan fingerprint density at radius 1 is 1.48 bits per heavy atom. The Kier molecular flexibility index (Phi) is 6.63. The number of carbonyl (C=O) groups is 1. The summed E-state index contributed by atoms with van der Waals surface area (Å²) in [5.41, 5.74) is 0. The standard InChI is InChI=1S/C13H18N2O3S2.C2HF3O2/c1-2-20(16,17)15-9-13(10-15)6-12(8-19-13)18-11-4-3-5-14-7-11;3-2(4,5)1(6)7/h3-5,7,12H,2,6,8-10H2,1H3;(H,6,7). The van der Waals surface area contributed by atoms with E-state index in [1.54, 1.807) is 23.6 Å². The maximum atomic E-state index is 11.8. The van der Waals surface area contributed by atoms with Crippen LogP contribution in [0.15, 0.2) is 24.5 Å². The maximum Gasteiger partial charge on any atom is 0.490 e. The first-order valence-electron chi connectivity index (χ1n) is 7.96. The van der Waals surface area contributed by atoms with Gasteiger partial charge in [0.1, 0.15) is 11.9 Å². The van der Waals surface area contributed by atoms with Gasteiger partial charge < -0.3 is 9.84 Å². The van der Waals surface area contributed by atoms with E-state index in [9.17, 15) is 21.6 Å². The zero-order valence-corrected chi connectivity index (χ0v) is 16.0. The molecule has 2 aliphatic rings. The number of aromatic nitrogens is 1. The highest BCUT2D eigenvalue weighted by Gasteiger charge is 2.52. The molecule has 0 aromatic carbocycles. The van der Waals surface area contributed by atoms with E-state index >= 15 is 0 Å². The summed E-state index contributed by atoms with van der Waals surface area (Å²) in [4.78, 5) is 12.9. The molecule has 0 radical (unpaired) electrons. The number of rotatable bonds is 4. The van der Waals surface area contributed by atoms with Crippen LogP contribution in [0.3, 0.4) is 0 Å². The average molecular weight is 428 g/mol. The number of aliphatic carboxylic acids is 1. The lowest BCUT2D eigenvalue weighted by Crippen LogP contribution is -2.61. The number of thioether (sulfide) groups is 1. The van der Waals surface area contributed by atoms with Crippen LogP contribution >= 0.6 is 11.8 Å². The van der Waals surface area contributed by atoms with Crippen molar-refractivity contribution in [1.82, 2.24) is 9.29 Å². The predicted octanol–water partition coefficient (Wildman–Crippen LogP) is 2.00. The van der Waals surface area contributed by atoms with Crippen LogP contribution in [-0.4, -0.2) is 70.4 Å². The molecule has 27 heavy (non-hydrogen) atoms. The van der Waals surface area contributed by atoms with Gasteiger partial charge in [0.05, 0.1) is 11.9 Å². The van der Waals surface area contributed by atoms with E-state index in [0.29, 0.717) is 13.1 Å². The minimum absolute atomic E-state index is 0.0646. The fraction of sp³-hybridized carbons (Fsp3) is 0.600. The number of nitrogens with zero attached hydrogens (tertiary/aromatic N) is 2. The molecule has 0 bridgehead atoms. The van der Waals surface area contributed by atoms with Crippen LogP contribution in [0.1, 0.15) is 13.3 Å². The minimum atomic E-state index is -5.08. The van der Waals surface area contributed by atoms with Crippen molar-refractivity contribution in [3.8, 4) is 5.75 Å². The zero-order valence-electron chi connectivity index (χ0n) is 14.3. The van der Waals surface area contributed by atoms with Gasteiger partial charge in [0.15, 0.2) is 0 Å². The van der Waals surface area contributed by atoms with Crippen LogP contribution in [0.25, 0.3) is 0 Å². The lowest BCUT2D eigenvalue weighted by atomic mass is 9.95. The number of carboxylic acid groups (broad SMARTS) is 1. The van der Waals surface area contributed by atoms with E-state index in [4.69, 9.17) is 14.6 Å². The molecule has 2 saturated heterocycles.